The predicted molar refractivity (Wildman–Crippen MR) is 178 cm³/mol. The largest absolute Gasteiger partial charge is 0.385 e. The molecule has 0 spiro atoms. The van der Waals surface area contributed by atoms with Gasteiger partial charge in [0, 0.05) is 75.4 Å². The highest BCUT2D eigenvalue weighted by atomic mass is 16.3. The summed E-state index contributed by atoms with van der Waals surface area (Å²) in [5.41, 5.74) is 4.84. The van der Waals surface area contributed by atoms with Crippen molar-refractivity contribution in [3.05, 3.63) is 82.7 Å². The number of rotatable bonds is 8. The van der Waals surface area contributed by atoms with Crippen molar-refractivity contribution in [3.8, 4) is 0 Å². The van der Waals surface area contributed by atoms with E-state index in [9.17, 15) is 19.5 Å². The summed E-state index contributed by atoms with van der Waals surface area (Å²) in [5.74, 6) is 0.191. The lowest BCUT2D eigenvalue weighted by Crippen LogP contribution is -2.52. The number of nitrogens with one attached hydrogen (secondary N) is 2. The number of piperidine rings is 2. The summed E-state index contributed by atoms with van der Waals surface area (Å²) < 4.78 is 0. The van der Waals surface area contributed by atoms with Crippen molar-refractivity contribution in [1.82, 2.24) is 25.1 Å². The summed E-state index contributed by atoms with van der Waals surface area (Å²) in [6.07, 6.45) is 6.60. The molecule has 47 heavy (non-hydrogen) atoms. The van der Waals surface area contributed by atoms with E-state index in [1.54, 1.807) is 11.0 Å². The number of fused-ring (bicyclic) bond motifs is 1. The molecule has 2 atom stereocenters. The number of benzene rings is 2. The van der Waals surface area contributed by atoms with Gasteiger partial charge >= 0.3 is 0 Å². The number of nitrogens with zero attached hydrogens (tertiary/aromatic N) is 5. The highest BCUT2D eigenvalue weighted by Gasteiger charge is 2.41. The lowest BCUT2D eigenvalue weighted by atomic mass is 9.83. The topological polar surface area (TPSA) is 131 Å². The summed E-state index contributed by atoms with van der Waals surface area (Å²) in [5, 5.41) is 17.5. The van der Waals surface area contributed by atoms with Gasteiger partial charge in [-0.25, -0.2) is 9.97 Å². The molecule has 5 heterocycles. The molecule has 3 N–H and O–H groups in total. The molecule has 1 unspecified atom stereocenters. The zero-order chi connectivity index (χ0) is 32.7. The Hall–Kier alpha value is -4.35. The number of aromatic nitrogens is 2. The Morgan fingerprint density at radius 3 is 2.45 bits per heavy atom. The number of amides is 3. The molecule has 2 aromatic carbocycles. The third-order valence-electron chi connectivity index (χ3n) is 10.3. The first kappa shape index (κ1) is 31.3. The van der Waals surface area contributed by atoms with E-state index < -0.39 is 17.6 Å². The van der Waals surface area contributed by atoms with E-state index >= 15 is 0 Å². The van der Waals surface area contributed by atoms with Crippen LogP contribution in [0.1, 0.15) is 84.5 Å². The Kier molecular flexibility index (Phi) is 8.44. The predicted octanol–water partition coefficient (Wildman–Crippen LogP) is 3.54. The van der Waals surface area contributed by atoms with Crippen LogP contribution in [0, 0.1) is 0 Å². The van der Waals surface area contributed by atoms with Crippen molar-refractivity contribution in [2.24, 2.45) is 0 Å². The van der Waals surface area contributed by atoms with Crippen LogP contribution in [0.4, 0.5) is 11.6 Å². The summed E-state index contributed by atoms with van der Waals surface area (Å²) >= 11 is 0. The van der Waals surface area contributed by atoms with E-state index in [0.29, 0.717) is 49.3 Å². The number of carbonyl (C=O) groups excluding carboxylic acids is 3. The van der Waals surface area contributed by atoms with Gasteiger partial charge in [-0.2, -0.15) is 0 Å². The summed E-state index contributed by atoms with van der Waals surface area (Å²) in [6.45, 7) is 8.83. The number of carbonyl (C=O) groups is 3. The standard InChI is InChI=1S/C36H43N7O4/c1-23(2)26-18-37-35(38-19-26)39-28-11-14-42(22-28)29-6-3-24(4-7-29)20-41-15-12-36(47,13-16-41)27-5-8-30-25(17-27)21-43(34(30)46)31-9-10-32(44)40-33(31)45/h3-8,17-19,23,28,31,47H,9-16,20-22H2,1-2H3,(H,37,38,39)(H,40,44,45)/t28-,31?/m1/s1. The van der Waals surface area contributed by atoms with Crippen LogP contribution in [0.3, 0.4) is 0 Å². The van der Waals surface area contributed by atoms with E-state index in [4.69, 9.17) is 0 Å². The molecule has 4 aliphatic rings. The number of anilines is 2. The lowest BCUT2D eigenvalue weighted by molar-refractivity contribution is -0.136. The van der Waals surface area contributed by atoms with Gasteiger partial charge in [-0.05, 0) is 72.1 Å². The van der Waals surface area contributed by atoms with E-state index in [1.807, 2.05) is 24.5 Å². The fourth-order valence-corrected chi connectivity index (χ4v) is 7.31. The maximum Gasteiger partial charge on any atom is 0.255 e. The van der Waals surface area contributed by atoms with Crippen LogP contribution in [0.15, 0.2) is 54.9 Å². The van der Waals surface area contributed by atoms with Gasteiger partial charge in [0.15, 0.2) is 0 Å². The molecule has 7 rings (SSSR count). The molecule has 0 saturated carbocycles. The molecule has 0 bridgehead atoms. The molecule has 3 amide bonds. The van der Waals surface area contributed by atoms with Crippen molar-refractivity contribution in [2.75, 3.05) is 36.4 Å². The van der Waals surface area contributed by atoms with Gasteiger partial charge in [-0.15, -0.1) is 0 Å². The molecule has 11 heteroatoms. The van der Waals surface area contributed by atoms with Gasteiger partial charge in [-0.1, -0.05) is 38.1 Å². The van der Waals surface area contributed by atoms with Crippen molar-refractivity contribution in [3.63, 3.8) is 0 Å². The van der Waals surface area contributed by atoms with Gasteiger partial charge in [0.2, 0.25) is 17.8 Å². The average molecular weight is 638 g/mol. The molecular weight excluding hydrogens is 594 g/mol. The van der Waals surface area contributed by atoms with Gasteiger partial charge in [-0.3, -0.25) is 24.6 Å². The van der Waals surface area contributed by atoms with Crippen molar-refractivity contribution in [1.29, 1.82) is 0 Å². The second-order valence-electron chi connectivity index (χ2n) is 13.8. The molecule has 0 radical (unpaired) electrons. The maximum atomic E-state index is 13.1. The number of imide groups is 1. The maximum absolute atomic E-state index is 13.1. The zero-order valence-electron chi connectivity index (χ0n) is 27.1. The third kappa shape index (κ3) is 6.46. The molecule has 1 aromatic heterocycles. The summed E-state index contributed by atoms with van der Waals surface area (Å²) in [7, 11) is 0. The van der Waals surface area contributed by atoms with Crippen LogP contribution in [0.2, 0.25) is 0 Å². The van der Waals surface area contributed by atoms with Crippen LogP contribution in [0.25, 0.3) is 0 Å². The van der Waals surface area contributed by atoms with Gasteiger partial charge in [0.05, 0.1) is 5.60 Å². The smallest absolute Gasteiger partial charge is 0.255 e. The molecule has 3 saturated heterocycles. The van der Waals surface area contributed by atoms with Crippen LogP contribution >= 0.6 is 0 Å². The number of aliphatic hydroxyl groups is 1. The highest BCUT2D eigenvalue weighted by molar-refractivity contribution is 6.05. The van der Waals surface area contributed by atoms with E-state index in [0.717, 1.165) is 55.8 Å². The second kappa shape index (κ2) is 12.7. The van der Waals surface area contributed by atoms with E-state index in [1.165, 1.54) is 11.3 Å². The summed E-state index contributed by atoms with van der Waals surface area (Å²) in [4.78, 5) is 52.4. The molecular formula is C36H43N7O4. The molecule has 0 aliphatic carbocycles. The number of likely N-dealkylation sites (tertiary alicyclic amines) is 1. The minimum atomic E-state index is -0.970. The number of hydrogen-bond acceptors (Lipinski definition) is 9. The Labute approximate surface area is 275 Å². The van der Waals surface area contributed by atoms with Crippen molar-refractivity contribution >= 4 is 29.4 Å². The number of hydrogen-bond donors (Lipinski definition) is 3. The Bertz CT molecular complexity index is 1650. The van der Waals surface area contributed by atoms with Crippen LogP contribution < -0.4 is 15.5 Å². The van der Waals surface area contributed by atoms with Gasteiger partial charge in [0.25, 0.3) is 5.91 Å². The molecule has 11 nitrogen and oxygen atoms in total. The molecule has 246 valence electrons. The Morgan fingerprint density at radius 1 is 1.00 bits per heavy atom. The molecule has 4 aliphatic heterocycles. The first-order chi connectivity index (χ1) is 22.6. The highest BCUT2D eigenvalue weighted by Crippen LogP contribution is 2.37. The van der Waals surface area contributed by atoms with E-state index in [2.05, 4.69) is 68.5 Å². The lowest BCUT2D eigenvalue weighted by Gasteiger charge is -2.38. The quantitative estimate of drug-likeness (QED) is 0.318. The Morgan fingerprint density at radius 2 is 1.74 bits per heavy atom. The third-order valence-corrected chi connectivity index (χ3v) is 10.3. The second-order valence-corrected chi connectivity index (χ2v) is 13.8. The average Bonchev–Trinajstić information content (AvgIpc) is 3.67. The zero-order valence-corrected chi connectivity index (χ0v) is 27.1. The fourth-order valence-electron chi connectivity index (χ4n) is 7.31. The summed E-state index contributed by atoms with van der Waals surface area (Å²) in [6, 6.07) is 14.0. The first-order valence-electron chi connectivity index (χ1n) is 16.8. The van der Waals surface area contributed by atoms with Crippen LogP contribution in [-0.4, -0.2) is 80.9 Å². The SMILES string of the molecule is CC(C)c1cnc(N[C@@H]2CCN(c3ccc(CN4CCC(O)(c5ccc6c(c5)CN(C5CCC(=O)NC5=O)C6=O)CC4)cc3)C2)nc1. The van der Waals surface area contributed by atoms with Crippen molar-refractivity contribution < 1.29 is 19.5 Å². The van der Waals surface area contributed by atoms with Crippen LogP contribution in [-0.2, 0) is 28.3 Å². The van der Waals surface area contributed by atoms with Crippen molar-refractivity contribution in [2.45, 2.75) is 82.6 Å². The minimum Gasteiger partial charge on any atom is -0.385 e. The van der Waals surface area contributed by atoms with E-state index in [-0.39, 0.29) is 18.2 Å². The Balaban J connectivity index is 0.908. The monoisotopic (exact) mass is 637 g/mol. The molecule has 3 aromatic rings. The molecule has 3 fully saturated rings. The minimum absolute atomic E-state index is 0.197. The normalized spacial score (nSPS) is 22.9. The van der Waals surface area contributed by atoms with Crippen LogP contribution in [0.5, 0.6) is 0 Å². The first-order valence-corrected chi connectivity index (χ1v) is 16.8. The fraction of sp³-hybridized carbons (Fsp3) is 0.472. The van der Waals surface area contributed by atoms with Gasteiger partial charge in [0.1, 0.15) is 6.04 Å². The van der Waals surface area contributed by atoms with Gasteiger partial charge < -0.3 is 20.2 Å².